The molecular weight excluding hydrogens is 380 g/mol. The molecule has 0 bridgehead atoms. The van der Waals surface area contributed by atoms with Gasteiger partial charge in [0.25, 0.3) is 0 Å². The second-order valence-electron chi connectivity index (χ2n) is 7.22. The summed E-state index contributed by atoms with van der Waals surface area (Å²) in [7, 11) is 4.82. The van der Waals surface area contributed by atoms with Crippen LogP contribution < -0.4 is 19.1 Å². The lowest BCUT2D eigenvalue weighted by molar-refractivity contribution is 0.271. The smallest absolute Gasteiger partial charge is 0.203 e. The predicted molar refractivity (Wildman–Crippen MR) is 119 cm³/mol. The fourth-order valence-electron chi connectivity index (χ4n) is 3.92. The lowest BCUT2D eigenvalue weighted by atomic mass is 10.1. The molecule has 0 atom stereocenters. The second kappa shape index (κ2) is 8.75. The summed E-state index contributed by atoms with van der Waals surface area (Å²) in [5, 5.41) is 1.07. The molecule has 0 aliphatic carbocycles. The van der Waals surface area contributed by atoms with E-state index in [0.717, 1.165) is 55.0 Å². The quantitative estimate of drug-likeness (QED) is 0.619. The summed E-state index contributed by atoms with van der Waals surface area (Å²) in [6.07, 6.45) is 0. The summed E-state index contributed by atoms with van der Waals surface area (Å²) < 4.78 is 16.5. The van der Waals surface area contributed by atoms with Gasteiger partial charge >= 0.3 is 0 Å². The third kappa shape index (κ3) is 3.73. The molecule has 2 heterocycles. The van der Waals surface area contributed by atoms with E-state index in [1.165, 1.54) is 0 Å². The SMILES string of the molecule is CCN1CCN(c2nc(-c3cc(OC)c(OC)c(OC)c3)nc3ccccc23)CC1. The Hall–Kier alpha value is -3.06. The summed E-state index contributed by atoms with van der Waals surface area (Å²) in [4.78, 5) is 14.7. The molecule has 158 valence electrons. The third-order valence-corrected chi connectivity index (χ3v) is 5.63. The van der Waals surface area contributed by atoms with Crippen LogP contribution in [0.4, 0.5) is 5.82 Å². The Bertz CT molecular complexity index is 1010. The highest BCUT2D eigenvalue weighted by atomic mass is 16.5. The Morgan fingerprint density at radius 2 is 1.53 bits per heavy atom. The third-order valence-electron chi connectivity index (χ3n) is 5.63. The van der Waals surface area contributed by atoms with Crippen LogP contribution in [0.5, 0.6) is 17.2 Å². The van der Waals surface area contributed by atoms with Crippen LogP contribution in [0.15, 0.2) is 36.4 Å². The van der Waals surface area contributed by atoms with Gasteiger partial charge < -0.3 is 24.0 Å². The zero-order chi connectivity index (χ0) is 21.1. The zero-order valence-corrected chi connectivity index (χ0v) is 18.0. The van der Waals surface area contributed by atoms with Crippen molar-refractivity contribution in [2.24, 2.45) is 0 Å². The molecule has 1 saturated heterocycles. The molecule has 1 fully saturated rings. The number of piperazine rings is 1. The van der Waals surface area contributed by atoms with E-state index in [9.17, 15) is 0 Å². The van der Waals surface area contributed by atoms with E-state index < -0.39 is 0 Å². The molecule has 1 aliphatic heterocycles. The van der Waals surface area contributed by atoms with Gasteiger partial charge in [-0.3, -0.25) is 0 Å². The molecule has 0 N–H and O–H groups in total. The van der Waals surface area contributed by atoms with E-state index in [0.29, 0.717) is 23.1 Å². The molecule has 0 radical (unpaired) electrons. The van der Waals surface area contributed by atoms with Crippen molar-refractivity contribution in [1.29, 1.82) is 0 Å². The molecule has 7 heteroatoms. The topological polar surface area (TPSA) is 60.0 Å². The molecule has 2 aromatic carbocycles. The molecule has 4 rings (SSSR count). The number of nitrogens with zero attached hydrogens (tertiary/aromatic N) is 4. The number of fused-ring (bicyclic) bond motifs is 1. The van der Waals surface area contributed by atoms with E-state index in [2.05, 4.69) is 22.8 Å². The first-order chi connectivity index (χ1) is 14.7. The summed E-state index contributed by atoms with van der Waals surface area (Å²) in [6, 6.07) is 12.0. The van der Waals surface area contributed by atoms with Gasteiger partial charge in [0.05, 0.1) is 26.8 Å². The van der Waals surface area contributed by atoms with E-state index in [1.54, 1.807) is 21.3 Å². The minimum Gasteiger partial charge on any atom is -0.493 e. The number of ether oxygens (including phenoxy) is 3. The predicted octanol–water partition coefficient (Wildman–Crippen LogP) is 3.46. The lowest BCUT2D eigenvalue weighted by Crippen LogP contribution is -2.46. The van der Waals surface area contributed by atoms with Crippen LogP contribution in [0, 0.1) is 0 Å². The van der Waals surface area contributed by atoms with E-state index in [-0.39, 0.29) is 0 Å². The maximum Gasteiger partial charge on any atom is 0.203 e. The van der Waals surface area contributed by atoms with Crippen LogP contribution >= 0.6 is 0 Å². The maximum atomic E-state index is 5.52. The summed E-state index contributed by atoms with van der Waals surface area (Å²) >= 11 is 0. The first-order valence-electron chi connectivity index (χ1n) is 10.2. The molecule has 1 aromatic heterocycles. The van der Waals surface area contributed by atoms with Gasteiger partial charge in [-0.1, -0.05) is 19.1 Å². The van der Waals surface area contributed by atoms with Gasteiger partial charge in [0.1, 0.15) is 5.82 Å². The minimum absolute atomic E-state index is 0.556. The molecule has 7 nitrogen and oxygen atoms in total. The molecular formula is C23H28N4O3. The van der Waals surface area contributed by atoms with Gasteiger partial charge in [-0.2, -0.15) is 0 Å². The Morgan fingerprint density at radius 1 is 0.867 bits per heavy atom. The van der Waals surface area contributed by atoms with Gasteiger partial charge in [0.2, 0.25) is 5.75 Å². The second-order valence-corrected chi connectivity index (χ2v) is 7.22. The number of hydrogen-bond acceptors (Lipinski definition) is 7. The Morgan fingerprint density at radius 3 is 2.13 bits per heavy atom. The van der Waals surface area contributed by atoms with Crippen LogP contribution in [0.25, 0.3) is 22.3 Å². The first-order valence-corrected chi connectivity index (χ1v) is 10.2. The number of aromatic nitrogens is 2. The Kier molecular flexibility index (Phi) is 5.90. The standard InChI is InChI=1S/C23H28N4O3/c1-5-26-10-12-27(13-11-26)23-17-8-6-7-9-18(17)24-22(25-23)16-14-19(28-2)21(30-4)20(15-16)29-3/h6-9,14-15H,5,10-13H2,1-4H3. The van der Waals surface area contributed by atoms with Crippen LogP contribution in [0.2, 0.25) is 0 Å². The van der Waals surface area contributed by atoms with Gasteiger partial charge in [0.15, 0.2) is 17.3 Å². The molecule has 30 heavy (non-hydrogen) atoms. The average molecular weight is 409 g/mol. The Balaban J connectivity index is 1.83. The first kappa shape index (κ1) is 20.2. The summed E-state index contributed by atoms with van der Waals surface area (Å²) in [5.74, 6) is 3.34. The number of anilines is 1. The van der Waals surface area contributed by atoms with Crippen molar-refractivity contribution in [3.63, 3.8) is 0 Å². The molecule has 0 spiro atoms. The summed E-state index contributed by atoms with van der Waals surface area (Å²) in [5.41, 5.74) is 1.74. The zero-order valence-electron chi connectivity index (χ0n) is 18.0. The van der Waals surface area contributed by atoms with Crippen LogP contribution in [-0.4, -0.2) is 68.9 Å². The van der Waals surface area contributed by atoms with Gasteiger partial charge in [-0.15, -0.1) is 0 Å². The van der Waals surface area contributed by atoms with Gasteiger partial charge in [-0.25, -0.2) is 9.97 Å². The number of rotatable bonds is 6. The highest BCUT2D eigenvalue weighted by Crippen LogP contribution is 2.41. The van der Waals surface area contributed by atoms with Crippen LogP contribution in [0.3, 0.4) is 0 Å². The number of para-hydroxylation sites is 1. The number of benzene rings is 2. The highest BCUT2D eigenvalue weighted by Gasteiger charge is 2.22. The van der Waals surface area contributed by atoms with E-state index in [1.807, 2.05) is 30.3 Å². The van der Waals surface area contributed by atoms with E-state index >= 15 is 0 Å². The molecule has 3 aromatic rings. The molecule has 0 amide bonds. The normalized spacial score (nSPS) is 14.7. The fourth-order valence-corrected chi connectivity index (χ4v) is 3.92. The fraction of sp³-hybridized carbons (Fsp3) is 0.391. The maximum absolute atomic E-state index is 5.52. The van der Waals surface area contributed by atoms with Crippen molar-refractivity contribution in [1.82, 2.24) is 14.9 Å². The van der Waals surface area contributed by atoms with Crippen molar-refractivity contribution < 1.29 is 14.2 Å². The van der Waals surface area contributed by atoms with E-state index in [4.69, 9.17) is 24.2 Å². The van der Waals surface area contributed by atoms with Crippen molar-refractivity contribution in [3.05, 3.63) is 36.4 Å². The molecule has 0 saturated carbocycles. The lowest BCUT2D eigenvalue weighted by Gasteiger charge is -2.35. The number of hydrogen-bond donors (Lipinski definition) is 0. The average Bonchev–Trinajstić information content (AvgIpc) is 2.82. The van der Waals surface area contributed by atoms with Gasteiger partial charge in [0, 0.05) is 37.1 Å². The Labute approximate surface area is 177 Å². The van der Waals surface area contributed by atoms with Crippen molar-refractivity contribution in [2.45, 2.75) is 6.92 Å². The number of likely N-dealkylation sites (N-methyl/N-ethyl adjacent to an activating group) is 1. The molecule has 1 aliphatic rings. The molecule has 0 unspecified atom stereocenters. The van der Waals surface area contributed by atoms with Crippen LogP contribution in [-0.2, 0) is 0 Å². The largest absolute Gasteiger partial charge is 0.493 e. The van der Waals surface area contributed by atoms with Gasteiger partial charge in [-0.05, 0) is 30.8 Å². The van der Waals surface area contributed by atoms with Crippen molar-refractivity contribution in [3.8, 4) is 28.6 Å². The van der Waals surface area contributed by atoms with Crippen molar-refractivity contribution >= 4 is 16.7 Å². The van der Waals surface area contributed by atoms with Crippen LogP contribution in [0.1, 0.15) is 6.92 Å². The summed E-state index contributed by atoms with van der Waals surface area (Å²) in [6.45, 7) is 7.25. The highest BCUT2D eigenvalue weighted by molar-refractivity contribution is 5.91. The number of methoxy groups -OCH3 is 3. The monoisotopic (exact) mass is 408 g/mol. The van der Waals surface area contributed by atoms with Crippen molar-refractivity contribution in [2.75, 3.05) is 59.0 Å². The minimum atomic E-state index is 0.556.